The van der Waals surface area contributed by atoms with Gasteiger partial charge in [-0.25, -0.2) is 0 Å². The zero-order valence-electron chi connectivity index (χ0n) is 13.6. The van der Waals surface area contributed by atoms with Crippen LogP contribution >= 0.6 is 0 Å². The Hall–Kier alpha value is 1.39. The number of hydrogen-bond donors (Lipinski definition) is 0. The minimum absolute atomic E-state index is 0. The van der Waals surface area contributed by atoms with Crippen LogP contribution in [0.5, 0.6) is 0 Å². The molecule has 0 heterocycles. The molecule has 0 atom stereocenters. The summed E-state index contributed by atoms with van der Waals surface area (Å²) in [6.45, 7) is 23.8. The van der Waals surface area contributed by atoms with Gasteiger partial charge in [-0.2, -0.15) is 69.2 Å². The topological polar surface area (TPSA) is 0 Å². The van der Waals surface area contributed by atoms with E-state index in [1.807, 2.05) is 0 Å². The largest absolute Gasteiger partial charge is 2.00 e. The van der Waals surface area contributed by atoms with Crippen LogP contribution in [-0.4, -0.2) is 23.1 Å². The van der Waals surface area contributed by atoms with Crippen LogP contribution in [0.15, 0.2) is 0 Å². The zero-order valence-corrected chi connectivity index (χ0v) is 18.0. The molecule has 0 rings (SSSR count). The third kappa shape index (κ3) is 1650. The summed E-state index contributed by atoms with van der Waals surface area (Å²) in [6.07, 6.45) is 0. The van der Waals surface area contributed by atoms with Crippen LogP contribution in [0.4, 0.5) is 0 Å². The van der Waals surface area contributed by atoms with Crippen LogP contribution in [0.25, 0.3) is 0 Å². The Kier molecular flexibility index (Phi) is 80.9. The van der Waals surface area contributed by atoms with Gasteiger partial charge in [0, 0.05) is 0 Å². The Morgan fingerprint density at radius 2 is 0.500 bits per heavy atom. The van der Waals surface area contributed by atoms with E-state index in [4.69, 9.17) is 0 Å². The monoisotopic (exact) mass is 288 g/mol. The molecule has 0 N–H and O–H groups in total. The first-order valence-electron chi connectivity index (χ1n) is 5.21. The van der Waals surface area contributed by atoms with Gasteiger partial charge in [0.1, 0.15) is 0 Å². The third-order valence-corrected chi connectivity index (χ3v) is 0. The van der Waals surface area contributed by atoms with Crippen molar-refractivity contribution in [2.45, 2.75) is 69.2 Å². The van der Waals surface area contributed by atoms with Gasteiger partial charge in [-0.05, 0) is 0 Å². The van der Waals surface area contributed by atoms with Crippen molar-refractivity contribution in [3.63, 3.8) is 0 Å². The Balaban J connectivity index is -0.0000000205. The average Bonchev–Trinajstić information content (AvgIpc) is 1.86. The Bertz CT molecular complexity index is 39.2. The molecular formula is C14H32MgZn. The summed E-state index contributed by atoms with van der Waals surface area (Å²) in [5, 5.41) is 0. The van der Waals surface area contributed by atoms with Gasteiger partial charge in [0.05, 0.1) is 0 Å². The van der Waals surface area contributed by atoms with Crippen LogP contribution < -0.4 is 0 Å². The molecule has 0 bridgehead atoms. The summed E-state index contributed by atoms with van der Waals surface area (Å²) in [5.74, 6) is 4.25. The molecule has 0 saturated carbocycles. The molecule has 2 heteroatoms. The summed E-state index contributed by atoms with van der Waals surface area (Å²) >= 11 is 0. The summed E-state index contributed by atoms with van der Waals surface area (Å²) in [4.78, 5) is 0. The molecule has 0 radical (unpaired) electrons. The molecule has 0 fully saturated rings. The fourth-order valence-electron chi connectivity index (χ4n) is 0. The van der Waals surface area contributed by atoms with Crippen molar-refractivity contribution in [2.24, 2.45) is 0 Å². The minimum atomic E-state index is 0. The van der Waals surface area contributed by atoms with Gasteiger partial charge in [0.25, 0.3) is 0 Å². The van der Waals surface area contributed by atoms with Crippen molar-refractivity contribution in [1.82, 2.24) is 0 Å². The molecule has 92 valence electrons. The molecule has 0 aliphatic rings. The fraction of sp³-hybridized carbons (Fsp3) is 0.714. The second-order valence-electron chi connectivity index (χ2n) is 4.50. The third-order valence-electron chi connectivity index (χ3n) is 0. The van der Waals surface area contributed by atoms with E-state index < -0.39 is 0 Å². The second kappa shape index (κ2) is 36.0. The van der Waals surface area contributed by atoms with Crippen molar-refractivity contribution >= 4 is 23.1 Å². The predicted molar refractivity (Wildman–Crippen MR) is 77.6 cm³/mol. The van der Waals surface area contributed by atoms with E-state index in [9.17, 15) is 0 Å². The maximum atomic E-state index is 3.25. The molecule has 0 amide bonds. The summed E-state index contributed by atoms with van der Waals surface area (Å²) in [7, 11) is 0. The van der Waals surface area contributed by atoms with Gasteiger partial charge in [-0.15, -0.1) is 0 Å². The average molecular weight is 290 g/mol. The van der Waals surface area contributed by atoms with Crippen LogP contribution in [0, 0.1) is 24.7 Å². The smallest absolute Gasteiger partial charge is 0.346 e. The van der Waals surface area contributed by atoms with E-state index >= 15 is 0 Å². The fourth-order valence-corrected chi connectivity index (χ4v) is 0. The van der Waals surface area contributed by atoms with Gasteiger partial charge in [-0.1, -0.05) is 0 Å². The van der Waals surface area contributed by atoms with E-state index in [0.717, 1.165) is 0 Å². The van der Waals surface area contributed by atoms with E-state index in [1.54, 1.807) is 6.92 Å². The van der Waals surface area contributed by atoms with Crippen molar-refractivity contribution in [1.29, 1.82) is 0 Å². The molecule has 0 spiro atoms. The molecule has 0 aliphatic carbocycles. The van der Waals surface area contributed by atoms with Crippen LogP contribution in [-0.2, 0) is 19.5 Å². The molecular weight excluding hydrogens is 258 g/mol. The Morgan fingerprint density at radius 1 is 0.500 bits per heavy atom. The molecule has 16 heavy (non-hydrogen) atoms. The Labute approximate surface area is 136 Å². The van der Waals surface area contributed by atoms with Crippen LogP contribution in [0.3, 0.4) is 0 Å². The molecule has 0 aromatic heterocycles. The Morgan fingerprint density at radius 3 is 0.500 bits per heavy atom. The summed E-state index contributed by atoms with van der Waals surface area (Å²) in [6, 6.07) is 0. The molecule has 0 aliphatic heterocycles. The molecule has 0 aromatic carbocycles. The van der Waals surface area contributed by atoms with Gasteiger partial charge in [0.2, 0.25) is 0 Å². The zero-order chi connectivity index (χ0) is 12.7. The van der Waals surface area contributed by atoms with Crippen LogP contribution in [0.2, 0.25) is 0 Å². The number of rotatable bonds is 0. The molecule has 0 unspecified atom stereocenters. The van der Waals surface area contributed by atoms with Crippen LogP contribution in [0.1, 0.15) is 69.2 Å². The molecule has 0 nitrogen and oxygen atoms in total. The predicted octanol–water partition coefficient (Wildman–Crippen LogP) is 5.32. The van der Waals surface area contributed by atoms with E-state index in [0.29, 0.717) is 0 Å². The number of hydrogen-bond acceptors (Lipinski definition) is 0. The van der Waals surface area contributed by atoms with Gasteiger partial charge >= 0.3 is 42.5 Å². The first-order valence-corrected chi connectivity index (χ1v) is 5.21. The normalized spacial score (nSPS) is 7.12. The maximum absolute atomic E-state index is 3.25. The van der Waals surface area contributed by atoms with Crippen molar-refractivity contribution < 1.29 is 19.5 Å². The standard InChI is InChI=1S/3C4H9.C2H5.Mg.Zn/c3*1-4(2)3;1-2;;/h3*1-3H3;1H2,2H3;;/q4*-1;2*+2. The van der Waals surface area contributed by atoms with Crippen molar-refractivity contribution in [3.8, 4) is 0 Å². The maximum Gasteiger partial charge on any atom is 2.00 e. The summed E-state index contributed by atoms with van der Waals surface area (Å²) in [5.41, 5.74) is 0. The van der Waals surface area contributed by atoms with Gasteiger partial charge in [-0.3, -0.25) is 0 Å². The van der Waals surface area contributed by atoms with Gasteiger partial charge < -0.3 is 24.7 Å². The van der Waals surface area contributed by atoms with E-state index in [-0.39, 0.29) is 42.5 Å². The molecule has 0 saturated heterocycles. The molecule has 0 aromatic rings. The SMILES string of the molecule is C[C-](C)C.C[C-](C)C.C[C-](C)C.[CH2-]C.[Mg+2].[Zn+2]. The van der Waals surface area contributed by atoms with Crippen molar-refractivity contribution in [3.05, 3.63) is 24.7 Å². The quantitative estimate of drug-likeness (QED) is 0.418. The minimum Gasteiger partial charge on any atom is -0.346 e. The van der Waals surface area contributed by atoms with Gasteiger partial charge in [0.15, 0.2) is 0 Å². The first-order chi connectivity index (χ1) is 6.20. The first kappa shape index (κ1) is 36.0. The van der Waals surface area contributed by atoms with E-state index in [1.165, 1.54) is 17.8 Å². The van der Waals surface area contributed by atoms with E-state index in [2.05, 4.69) is 69.2 Å². The van der Waals surface area contributed by atoms with Crippen molar-refractivity contribution in [2.75, 3.05) is 0 Å². The summed E-state index contributed by atoms with van der Waals surface area (Å²) < 4.78 is 0. The second-order valence-corrected chi connectivity index (χ2v) is 4.50.